The number of aryl methyl sites for hydroxylation is 2. The van der Waals surface area contributed by atoms with Crippen molar-refractivity contribution in [2.24, 2.45) is 4.99 Å². The van der Waals surface area contributed by atoms with Crippen LogP contribution < -0.4 is 14.4 Å². The van der Waals surface area contributed by atoms with Gasteiger partial charge in [0.2, 0.25) is 0 Å². The number of para-hydroxylation sites is 2. The number of hydrogen-bond donors (Lipinski definition) is 1. The van der Waals surface area contributed by atoms with E-state index in [1.807, 2.05) is 62.4 Å². The second-order valence-corrected chi connectivity index (χ2v) is 8.82. The van der Waals surface area contributed by atoms with Gasteiger partial charge in [-0.1, -0.05) is 42.5 Å². The molecule has 1 aliphatic heterocycles. The van der Waals surface area contributed by atoms with E-state index in [0.717, 1.165) is 22.5 Å². The zero-order valence-corrected chi connectivity index (χ0v) is 20.3. The SMILES string of the molecule is COc1cc(/C=C2/SC(=Nc3ccccc3C)N(c3ccccc3C)C2=O)ccc1OCC(=O)O. The van der Waals surface area contributed by atoms with Gasteiger partial charge >= 0.3 is 5.97 Å². The highest BCUT2D eigenvalue weighted by Crippen LogP contribution is 2.39. The molecule has 0 spiro atoms. The Morgan fingerprint density at radius 1 is 1.03 bits per heavy atom. The van der Waals surface area contributed by atoms with E-state index in [2.05, 4.69) is 0 Å². The van der Waals surface area contributed by atoms with E-state index < -0.39 is 12.6 Å². The van der Waals surface area contributed by atoms with Crippen molar-refractivity contribution in [1.82, 2.24) is 0 Å². The summed E-state index contributed by atoms with van der Waals surface area (Å²) in [7, 11) is 1.47. The number of rotatable bonds is 7. The third-order valence-corrected chi connectivity index (χ3v) is 6.30. The van der Waals surface area contributed by atoms with Crippen molar-refractivity contribution >= 4 is 46.3 Å². The van der Waals surface area contributed by atoms with Gasteiger partial charge in [0.15, 0.2) is 23.3 Å². The molecule has 0 radical (unpaired) electrons. The quantitative estimate of drug-likeness (QED) is 0.437. The lowest BCUT2D eigenvalue weighted by atomic mass is 10.1. The molecule has 1 fully saturated rings. The fourth-order valence-corrected chi connectivity index (χ4v) is 4.54. The van der Waals surface area contributed by atoms with E-state index in [9.17, 15) is 9.59 Å². The predicted molar refractivity (Wildman–Crippen MR) is 139 cm³/mol. The number of nitrogens with zero attached hydrogens (tertiary/aromatic N) is 2. The van der Waals surface area contributed by atoms with Gasteiger partial charge in [0.05, 0.1) is 23.4 Å². The number of carbonyl (C=O) groups excluding carboxylic acids is 1. The van der Waals surface area contributed by atoms with Crippen LogP contribution in [0.2, 0.25) is 0 Å². The highest BCUT2D eigenvalue weighted by atomic mass is 32.2. The lowest BCUT2D eigenvalue weighted by Crippen LogP contribution is -2.29. The van der Waals surface area contributed by atoms with Crippen molar-refractivity contribution in [2.75, 3.05) is 18.6 Å². The van der Waals surface area contributed by atoms with Gasteiger partial charge in [0, 0.05) is 0 Å². The summed E-state index contributed by atoms with van der Waals surface area (Å²) >= 11 is 1.30. The van der Waals surface area contributed by atoms with Crippen LogP contribution in [0, 0.1) is 13.8 Å². The van der Waals surface area contributed by atoms with E-state index in [4.69, 9.17) is 19.6 Å². The predicted octanol–water partition coefficient (Wildman–Crippen LogP) is 5.58. The Hall–Kier alpha value is -4.04. The number of anilines is 1. The minimum atomic E-state index is -1.08. The molecule has 0 aliphatic carbocycles. The van der Waals surface area contributed by atoms with Gasteiger partial charge in [-0.05, 0) is 72.6 Å². The van der Waals surface area contributed by atoms with Gasteiger partial charge in [0.25, 0.3) is 5.91 Å². The molecule has 3 aromatic carbocycles. The van der Waals surface area contributed by atoms with Gasteiger partial charge < -0.3 is 14.6 Å². The largest absolute Gasteiger partial charge is 0.493 e. The smallest absolute Gasteiger partial charge is 0.341 e. The first-order valence-electron chi connectivity index (χ1n) is 10.8. The molecule has 3 aromatic rings. The summed E-state index contributed by atoms with van der Waals surface area (Å²) in [6.07, 6.45) is 1.77. The van der Waals surface area contributed by atoms with E-state index in [-0.39, 0.29) is 5.91 Å². The maximum Gasteiger partial charge on any atom is 0.341 e. The third-order valence-electron chi connectivity index (χ3n) is 5.33. The number of thioether (sulfide) groups is 1. The molecule has 1 heterocycles. The van der Waals surface area contributed by atoms with Crippen molar-refractivity contribution in [1.29, 1.82) is 0 Å². The minimum Gasteiger partial charge on any atom is -0.493 e. The summed E-state index contributed by atoms with van der Waals surface area (Å²) in [5.41, 5.74) is 4.25. The van der Waals surface area contributed by atoms with E-state index in [1.54, 1.807) is 29.2 Å². The zero-order valence-electron chi connectivity index (χ0n) is 19.5. The fourth-order valence-electron chi connectivity index (χ4n) is 3.55. The Balaban J connectivity index is 1.74. The second-order valence-electron chi connectivity index (χ2n) is 7.81. The molecule has 8 heteroatoms. The molecular weight excluding hydrogens is 464 g/mol. The van der Waals surface area contributed by atoms with Crippen molar-refractivity contribution in [2.45, 2.75) is 13.8 Å². The Bertz CT molecular complexity index is 1350. The topological polar surface area (TPSA) is 88.4 Å². The molecule has 178 valence electrons. The lowest BCUT2D eigenvalue weighted by molar-refractivity contribution is -0.139. The Morgan fingerprint density at radius 2 is 1.74 bits per heavy atom. The average Bonchev–Trinajstić information content (AvgIpc) is 3.14. The van der Waals surface area contributed by atoms with Gasteiger partial charge in [0.1, 0.15) is 0 Å². The molecule has 0 bridgehead atoms. The molecule has 0 atom stereocenters. The normalized spacial score (nSPS) is 15.6. The molecule has 35 heavy (non-hydrogen) atoms. The fraction of sp³-hybridized carbons (Fsp3) is 0.148. The van der Waals surface area contributed by atoms with Crippen molar-refractivity contribution < 1.29 is 24.2 Å². The monoisotopic (exact) mass is 488 g/mol. The number of amides is 1. The van der Waals surface area contributed by atoms with Gasteiger partial charge in [-0.25, -0.2) is 9.79 Å². The first kappa shape index (κ1) is 24.1. The molecule has 0 saturated carbocycles. The van der Waals surface area contributed by atoms with Crippen LogP contribution in [-0.4, -0.2) is 35.9 Å². The number of amidine groups is 1. The van der Waals surface area contributed by atoms with Crippen molar-refractivity contribution in [3.63, 3.8) is 0 Å². The summed E-state index contributed by atoms with van der Waals surface area (Å²) in [5, 5.41) is 9.43. The molecule has 0 unspecified atom stereocenters. The van der Waals surface area contributed by atoms with Crippen molar-refractivity contribution in [3.8, 4) is 11.5 Å². The molecule has 1 aliphatic rings. The highest BCUT2D eigenvalue weighted by Gasteiger charge is 2.35. The number of aliphatic imine (C=N–C) groups is 1. The maximum absolute atomic E-state index is 13.6. The number of ether oxygens (including phenoxy) is 2. The third kappa shape index (κ3) is 5.38. The Morgan fingerprint density at radius 3 is 2.43 bits per heavy atom. The minimum absolute atomic E-state index is 0.179. The maximum atomic E-state index is 13.6. The number of carboxylic acids is 1. The number of hydrogen-bond acceptors (Lipinski definition) is 6. The van der Waals surface area contributed by atoms with E-state index in [0.29, 0.717) is 27.1 Å². The lowest BCUT2D eigenvalue weighted by Gasteiger charge is -2.18. The number of methoxy groups -OCH3 is 1. The number of carboxylic acid groups (broad SMARTS) is 1. The first-order valence-corrected chi connectivity index (χ1v) is 11.7. The van der Waals surface area contributed by atoms with Crippen LogP contribution in [0.3, 0.4) is 0 Å². The molecule has 0 aromatic heterocycles. The van der Waals surface area contributed by atoms with Gasteiger partial charge in [-0.15, -0.1) is 0 Å². The molecule has 1 saturated heterocycles. The number of benzene rings is 3. The van der Waals surface area contributed by atoms with E-state index in [1.165, 1.54) is 18.9 Å². The van der Waals surface area contributed by atoms with Gasteiger partial charge in [-0.2, -0.15) is 0 Å². The molecule has 4 rings (SSSR count). The second kappa shape index (κ2) is 10.5. The average molecular weight is 489 g/mol. The zero-order chi connectivity index (χ0) is 24.9. The van der Waals surface area contributed by atoms with Crippen LogP contribution in [0.4, 0.5) is 11.4 Å². The highest BCUT2D eigenvalue weighted by molar-refractivity contribution is 8.19. The Kier molecular flexibility index (Phi) is 7.22. The van der Waals surface area contributed by atoms with Crippen LogP contribution in [0.25, 0.3) is 6.08 Å². The number of aliphatic carboxylic acids is 1. The summed E-state index contributed by atoms with van der Waals surface area (Å²) in [4.78, 5) is 31.4. The standard InChI is InChI=1S/C27H24N2O5S/c1-17-8-4-6-10-20(17)28-27-29(21-11-7-5-9-18(21)2)26(32)24(35-27)15-19-12-13-22(23(14-19)33-3)34-16-25(30)31/h4-15H,16H2,1-3H3,(H,30,31)/b24-15+,28-27?. The van der Waals surface area contributed by atoms with Crippen LogP contribution in [0.5, 0.6) is 11.5 Å². The molecule has 1 N–H and O–H groups in total. The Labute approximate surface area is 207 Å². The summed E-state index contributed by atoms with van der Waals surface area (Å²) in [5.74, 6) is -0.573. The molecular formula is C27H24N2O5S. The van der Waals surface area contributed by atoms with Crippen molar-refractivity contribution in [3.05, 3.63) is 88.3 Å². The van der Waals surface area contributed by atoms with Crippen LogP contribution in [0.15, 0.2) is 76.6 Å². The van der Waals surface area contributed by atoms with Crippen LogP contribution in [-0.2, 0) is 9.59 Å². The summed E-state index contributed by atoms with van der Waals surface area (Å²) in [6.45, 7) is 3.46. The number of carbonyl (C=O) groups is 2. The van der Waals surface area contributed by atoms with Crippen LogP contribution in [0.1, 0.15) is 16.7 Å². The molecule has 1 amide bonds. The molecule has 7 nitrogen and oxygen atoms in total. The van der Waals surface area contributed by atoms with Crippen LogP contribution >= 0.6 is 11.8 Å². The van der Waals surface area contributed by atoms with E-state index >= 15 is 0 Å². The first-order chi connectivity index (χ1) is 16.9. The summed E-state index contributed by atoms with van der Waals surface area (Å²) < 4.78 is 10.6. The van der Waals surface area contributed by atoms with Gasteiger partial charge in [-0.3, -0.25) is 9.69 Å². The summed E-state index contributed by atoms with van der Waals surface area (Å²) in [6, 6.07) is 20.5.